The summed E-state index contributed by atoms with van der Waals surface area (Å²) in [6, 6.07) is 15.7. The van der Waals surface area contributed by atoms with E-state index in [9.17, 15) is 13.2 Å². The van der Waals surface area contributed by atoms with Crippen LogP contribution in [-0.4, -0.2) is 27.5 Å². The first-order valence-electron chi connectivity index (χ1n) is 7.84. The van der Waals surface area contributed by atoms with E-state index in [0.717, 1.165) is 0 Å². The monoisotopic (exact) mass is 384 g/mol. The fourth-order valence-electron chi connectivity index (χ4n) is 2.09. The third-order valence-electron chi connectivity index (χ3n) is 3.35. The predicted molar refractivity (Wildman–Crippen MR) is 97.4 cm³/mol. The van der Waals surface area contributed by atoms with Gasteiger partial charge in [0.05, 0.1) is 11.0 Å². The van der Waals surface area contributed by atoms with Crippen molar-refractivity contribution in [2.24, 2.45) is 0 Å². The largest absolute Gasteiger partial charge is 0.479 e. The van der Waals surface area contributed by atoms with Gasteiger partial charge in [0.2, 0.25) is 10.0 Å². The second kappa shape index (κ2) is 9.34. The summed E-state index contributed by atoms with van der Waals surface area (Å²) in [6.07, 6.45) is 0.0663. The second-order valence-electron chi connectivity index (χ2n) is 5.26. The van der Waals surface area contributed by atoms with Gasteiger partial charge in [-0.1, -0.05) is 6.07 Å². The van der Waals surface area contributed by atoms with E-state index >= 15 is 0 Å². The Morgan fingerprint density at radius 1 is 1.07 bits per heavy atom. The van der Waals surface area contributed by atoms with E-state index in [0.29, 0.717) is 11.4 Å². The zero-order chi connectivity index (χ0) is 19.7. The standard InChI is InChI=1S/C18H16N4O4S/c19-9-2-11-21-27(24,25)17-7-5-14(6-8-17)18(23)22-15-3-1-4-16(13-15)26-12-10-20/h1,3-8,13,21H,2,11-12H2,(H,22,23). The molecule has 1 amide bonds. The van der Waals surface area contributed by atoms with Crippen molar-refractivity contribution >= 4 is 21.6 Å². The first-order valence-corrected chi connectivity index (χ1v) is 9.32. The van der Waals surface area contributed by atoms with E-state index in [2.05, 4.69) is 10.0 Å². The van der Waals surface area contributed by atoms with Crippen LogP contribution >= 0.6 is 0 Å². The minimum atomic E-state index is -3.72. The number of nitrogens with zero attached hydrogens (tertiary/aromatic N) is 2. The Labute approximate surface area is 157 Å². The lowest BCUT2D eigenvalue weighted by Gasteiger charge is -2.09. The van der Waals surface area contributed by atoms with Crippen molar-refractivity contribution in [3.05, 3.63) is 54.1 Å². The molecule has 2 rings (SSSR count). The average Bonchev–Trinajstić information content (AvgIpc) is 2.67. The molecule has 0 saturated heterocycles. The third-order valence-corrected chi connectivity index (χ3v) is 4.83. The molecule has 138 valence electrons. The summed E-state index contributed by atoms with van der Waals surface area (Å²) in [4.78, 5) is 12.3. The number of rotatable bonds is 8. The minimum absolute atomic E-state index is 0.00360. The van der Waals surface area contributed by atoms with E-state index in [-0.39, 0.29) is 30.0 Å². The highest BCUT2D eigenvalue weighted by atomic mass is 32.2. The van der Waals surface area contributed by atoms with Crippen LogP contribution in [-0.2, 0) is 10.0 Å². The molecular weight excluding hydrogens is 368 g/mol. The van der Waals surface area contributed by atoms with Gasteiger partial charge in [-0.05, 0) is 36.4 Å². The van der Waals surface area contributed by atoms with Crippen LogP contribution in [0.15, 0.2) is 53.4 Å². The minimum Gasteiger partial charge on any atom is -0.479 e. The van der Waals surface area contributed by atoms with Crippen molar-refractivity contribution in [2.75, 3.05) is 18.5 Å². The van der Waals surface area contributed by atoms with Crippen molar-refractivity contribution in [3.63, 3.8) is 0 Å². The predicted octanol–water partition coefficient (Wildman–Crippen LogP) is 2.03. The van der Waals surface area contributed by atoms with Gasteiger partial charge in [0, 0.05) is 30.3 Å². The number of nitriles is 2. The van der Waals surface area contributed by atoms with Crippen LogP contribution < -0.4 is 14.8 Å². The topological polar surface area (TPSA) is 132 Å². The molecule has 0 aliphatic rings. The van der Waals surface area contributed by atoms with Crippen LogP contribution in [0, 0.1) is 22.7 Å². The highest BCUT2D eigenvalue weighted by molar-refractivity contribution is 7.89. The number of benzene rings is 2. The molecule has 0 aliphatic heterocycles. The van der Waals surface area contributed by atoms with Crippen molar-refractivity contribution < 1.29 is 17.9 Å². The lowest BCUT2D eigenvalue weighted by atomic mass is 10.2. The Bertz CT molecular complexity index is 989. The average molecular weight is 384 g/mol. The Balaban J connectivity index is 2.06. The van der Waals surface area contributed by atoms with E-state index < -0.39 is 15.9 Å². The molecule has 0 unspecified atom stereocenters. The Morgan fingerprint density at radius 2 is 1.81 bits per heavy atom. The van der Waals surface area contributed by atoms with Crippen LogP contribution in [0.1, 0.15) is 16.8 Å². The SMILES string of the molecule is N#CCCNS(=O)(=O)c1ccc(C(=O)Nc2cccc(OCC#N)c2)cc1. The normalized spacial score (nSPS) is 10.4. The van der Waals surface area contributed by atoms with Crippen molar-refractivity contribution in [3.8, 4) is 17.9 Å². The van der Waals surface area contributed by atoms with Gasteiger partial charge >= 0.3 is 0 Å². The maximum atomic E-state index is 12.3. The van der Waals surface area contributed by atoms with Crippen LogP contribution in [0.4, 0.5) is 5.69 Å². The van der Waals surface area contributed by atoms with E-state index in [1.807, 2.05) is 12.1 Å². The molecule has 0 atom stereocenters. The van der Waals surface area contributed by atoms with Gasteiger partial charge in [-0.25, -0.2) is 13.1 Å². The van der Waals surface area contributed by atoms with Gasteiger partial charge in [-0.15, -0.1) is 0 Å². The van der Waals surface area contributed by atoms with Gasteiger partial charge in [-0.2, -0.15) is 10.5 Å². The Morgan fingerprint density at radius 3 is 2.48 bits per heavy atom. The first kappa shape index (κ1) is 19.9. The molecule has 2 aromatic carbocycles. The van der Waals surface area contributed by atoms with E-state index in [1.165, 1.54) is 24.3 Å². The fourth-order valence-corrected chi connectivity index (χ4v) is 3.12. The molecule has 8 nitrogen and oxygen atoms in total. The summed E-state index contributed by atoms with van der Waals surface area (Å²) in [5.41, 5.74) is 0.750. The number of anilines is 1. The summed E-state index contributed by atoms with van der Waals surface area (Å²) in [7, 11) is -3.72. The molecule has 0 aliphatic carbocycles. The van der Waals surface area contributed by atoms with E-state index in [1.54, 1.807) is 24.3 Å². The number of sulfonamides is 1. The van der Waals surface area contributed by atoms with Gasteiger partial charge < -0.3 is 10.1 Å². The Kier molecular flexibility index (Phi) is 6.89. The molecule has 0 fully saturated rings. The highest BCUT2D eigenvalue weighted by Crippen LogP contribution is 2.18. The smallest absolute Gasteiger partial charge is 0.255 e. The number of carbonyl (C=O) groups excluding carboxylic acids is 1. The van der Waals surface area contributed by atoms with Crippen LogP contribution in [0.3, 0.4) is 0 Å². The van der Waals surface area contributed by atoms with Gasteiger partial charge in [-0.3, -0.25) is 4.79 Å². The molecule has 0 spiro atoms. The van der Waals surface area contributed by atoms with Crippen LogP contribution in [0.5, 0.6) is 5.75 Å². The zero-order valence-electron chi connectivity index (χ0n) is 14.2. The number of amides is 1. The highest BCUT2D eigenvalue weighted by Gasteiger charge is 2.14. The molecule has 0 saturated carbocycles. The van der Waals surface area contributed by atoms with Crippen LogP contribution in [0.25, 0.3) is 0 Å². The summed E-state index contributed by atoms with van der Waals surface area (Å²) in [6.45, 7) is -0.0823. The third kappa shape index (κ3) is 5.82. The molecule has 2 aromatic rings. The number of hydrogen-bond acceptors (Lipinski definition) is 6. The van der Waals surface area contributed by atoms with Gasteiger partial charge in [0.15, 0.2) is 6.61 Å². The Hall–Kier alpha value is -3.40. The van der Waals surface area contributed by atoms with Gasteiger partial charge in [0.25, 0.3) is 5.91 Å². The quantitative estimate of drug-likeness (QED) is 0.669. The molecule has 9 heteroatoms. The van der Waals surface area contributed by atoms with E-state index in [4.69, 9.17) is 15.3 Å². The van der Waals surface area contributed by atoms with Crippen molar-refractivity contribution in [1.82, 2.24) is 4.72 Å². The molecule has 0 heterocycles. The summed E-state index contributed by atoms with van der Waals surface area (Å²) in [5.74, 6) is 0.0213. The number of carbonyl (C=O) groups is 1. The second-order valence-corrected chi connectivity index (χ2v) is 7.03. The van der Waals surface area contributed by atoms with Crippen molar-refractivity contribution in [1.29, 1.82) is 10.5 Å². The van der Waals surface area contributed by atoms with Crippen LogP contribution in [0.2, 0.25) is 0 Å². The molecule has 0 bridgehead atoms. The summed E-state index contributed by atoms with van der Waals surface area (Å²) < 4.78 is 31.6. The number of ether oxygens (including phenoxy) is 1. The first-order chi connectivity index (χ1) is 13.0. The molecular formula is C18H16N4O4S. The fraction of sp³-hybridized carbons (Fsp3) is 0.167. The number of nitrogens with one attached hydrogen (secondary N) is 2. The van der Waals surface area contributed by atoms with Gasteiger partial charge in [0.1, 0.15) is 11.8 Å². The van der Waals surface area contributed by atoms with Crippen molar-refractivity contribution in [2.45, 2.75) is 11.3 Å². The molecule has 2 N–H and O–H groups in total. The number of hydrogen-bond donors (Lipinski definition) is 2. The molecule has 0 radical (unpaired) electrons. The summed E-state index contributed by atoms with van der Waals surface area (Å²) in [5, 5.41) is 19.7. The lowest BCUT2D eigenvalue weighted by Crippen LogP contribution is -2.24. The maximum absolute atomic E-state index is 12.3. The molecule has 27 heavy (non-hydrogen) atoms. The summed E-state index contributed by atoms with van der Waals surface area (Å²) >= 11 is 0. The maximum Gasteiger partial charge on any atom is 0.255 e. The zero-order valence-corrected chi connectivity index (χ0v) is 15.0. The molecule has 0 aromatic heterocycles. The lowest BCUT2D eigenvalue weighted by molar-refractivity contribution is 0.102.